The third-order valence-electron chi connectivity index (χ3n) is 6.39. The highest BCUT2D eigenvalue weighted by Gasteiger charge is 2.41. The minimum absolute atomic E-state index is 0.0291. The number of allylic oxidation sites excluding steroid dienone is 3. The number of hydrogen-bond donors (Lipinski definition) is 2. The van der Waals surface area contributed by atoms with Crippen LogP contribution < -0.4 is 20.7 Å². The highest BCUT2D eigenvalue weighted by molar-refractivity contribution is 8.01. The number of Topliss-reactive ketones (excluding diaryl/α,β-unsaturated/α-hetero) is 1. The normalized spacial score (nSPS) is 17.1. The number of nitriles is 1. The summed E-state index contributed by atoms with van der Waals surface area (Å²) in [6, 6.07) is 16.5. The Morgan fingerprint density at radius 1 is 1.28 bits per heavy atom. The molecule has 2 heterocycles. The summed E-state index contributed by atoms with van der Waals surface area (Å²) >= 11 is 8.72. The minimum atomic E-state index is -0.604. The van der Waals surface area contributed by atoms with Gasteiger partial charge in [0.2, 0.25) is 11.0 Å². The van der Waals surface area contributed by atoms with Gasteiger partial charge in [-0.15, -0.1) is 10.2 Å². The van der Waals surface area contributed by atoms with E-state index in [0.717, 1.165) is 5.56 Å². The third kappa shape index (κ3) is 5.36. The van der Waals surface area contributed by atoms with Gasteiger partial charge in [-0.25, -0.2) is 0 Å². The Bertz CT molecular complexity index is 1560. The Hall–Kier alpha value is -3.85. The van der Waals surface area contributed by atoms with Gasteiger partial charge in [0.25, 0.3) is 0 Å². The molecule has 5 rings (SSSR count). The SMILES string of the molecule is COc1ccccc1NC(=O)CSc1nnc(N2C(N)=C(C#N)C(c3cccc(Cl)c3)C3=C2CCCC3=O)s1. The molecule has 0 saturated heterocycles. The summed E-state index contributed by atoms with van der Waals surface area (Å²) in [5, 5.41) is 22.5. The van der Waals surface area contributed by atoms with Crippen LogP contribution in [-0.4, -0.2) is 34.8 Å². The smallest absolute Gasteiger partial charge is 0.234 e. The molecule has 2 aliphatic rings. The fourth-order valence-corrected chi connectivity index (χ4v) is 6.62. The summed E-state index contributed by atoms with van der Waals surface area (Å²) in [6.07, 6.45) is 1.65. The van der Waals surface area contributed by atoms with E-state index in [1.807, 2.05) is 18.2 Å². The van der Waals surface area contributed by atoms with Gasteiger partial charge in [-0.1, -0.05) is 59.0 Å². The number of para-hydroxylation sites is 2. The molecule has 1 aliphatic carbocycles. The second kappa shape index (κ2) is 11.5. The standard InChI is InChI=1S/C27H23ClN6O3S2/c1-37-21-11-3-2-8-18(21)31-22(36)14-38-27-33-32-26(39-27)34-19-9-5-10-20(35)24(19)23(17(13-29)25(34)30)15-6-4-7-16(28)12-15/h2-4,6-8,11-12,23H,5,9-10,14,30H2,1H3,(H,31,36). The van der Waals surface area contributed by atoms with Crippen molar-refractivity contribution in [3.05, 3.63) is 81.8 Å². The summed E-state index contributed by atoms with van der Waals surface area (Å²) in [6.45, 7) is 0. The average Bonchev–Trinajstić information content (AvgIpc) is 3.40. The molecule has 0 spiro atoms. The lowest BCUT2D eigenvalue weighted by molar-refractivity contribution is -0.116. The lowest BCUT2D eigenvalue weighted by Crippen LogP contribution is -2.38. The highest BCUT2D eigenvalue weighted by Crippen LogP contribution is 2.47. The van der Waals surface area contributed by atoms with E-state index in [1.54, 1.807) is 42.3 Å². The fourth-order valence-electron chi connectivity index (χ4n) is 4.74. The van der Waals surface area contributed by atoms with E-state index in [4.69, 9.17) is 22.1 Å². The minimum Gasteiger partial charge on any atom is -0.495 e. The molecule has 1 aliphatic heterocycles. The zero-order chi connectivity index (χ0) is 27.5. The van der Waals surface area contributed by atoms with Crippen molar-refractivity contribution >= 4 is 57.2 Å². The number of nitrogens with one attached hydrogen (secondary N) is 1. The van der Waals surface area contributed by atoms with Crippen molar-refractivity contribution in [2.75, 3.05) is 23.1 Å². The number of nitrogens with zero attached hydrogens (tertiary/aromatic N) is 4. The predicted octanol–water partition coefficient (Wildman–Crippen LogP) is 5.24. The zero-order valence-corrected chi connectivity index (χ0v) is 23.2. The van der Waals surface area contributed by atoms with Crippen LogP contribution in [0, 0.1) is 11.3 Å². The number of hydrogen-bond acceptors (Lipinski definition) is 10. The Morgan fingerprint density at radius 3 is 2.87 bits per heavy atom. The topological polar surface area (TPSA) is 134 Å². The first-order chi connectivity index (χ1) is 18.9. The van der Waals surface area contributed by atoms with E-state index in [9.17, 15) is 14.9 Å². The van der Waals surface area contributed by atoms with Crippen LogP contribution in [0.1, 0.15) is 30.7 Å². The fraction of sp³-hybridized carbons (Fsp3) is 0.222. The first-order valence-corrected chi connectivity index (χ1v) is 14.2. The summed E-state index contributed by atoms with van der Waals surface area (Å²) in [5.41, 5.74) is 9.41. The molecule has 3 aromatic rings. The van der Waals surface area contributed by atoms with Gasteiger partial charge in [-0.2, -0.15) is 5.26 Å². The van der Waals surface area contributed by atoms with Crippen LogP contribution >= 0.6 is 34.7 Å². The lowest BCUT2D eigenvalue weighted by atomic mass is 9.76. The van der Waals surface area contributed by atoms with Gasteiger partial charge in [0.15, 0.2) is 10.1 Å². The molecule has 1 amide bonds. The van der Waals surface area contributed by atoms with E-state index in [-0.39, 0.29) is 28.8 Å². The van der Waals surface area contributed by atoms with Gasteiger partial charge < -0.3 is 15.8 Å². The van der Waals surface area contributed by atoms with E-state index < -0.39 is 5.92 Å². The number of nitrogens with two attached hydrogens (primary N) is 1. The molecular formula is C27H23ClN6O3S2. The molecule has 0 radical (unpaired) electrons. The molecule has 3 N–H and O–H groups in total. The second-order valence-electron chi connectivity index (χ2n) is 8.76. The largest absolute Gasteiger partial charge is 0.495 e. The van der Waals surface area contributed by atoms with Crippen molar-refractivity contribution in [1.29, 1.82) is 5.26 Å². The molecule has 12 heteroatoms. The zero-order valence-electron chi connectivity index (χ0n) is 20.8. The Morgan fingerprint density at radius 2 is 2.10 bits per heavy atom. The van der Waals surface area contributed by atoms with Gasteiger partial charge >= 0.3 is 0 Å². The molecule has 39 heavy (non-hydrogen) atoms. The van der Waals surface area contributed by atoms with Gasteiger partial charge in [0.1, 0.15) is 11.6 Å². The second-order valence-corrected chi connectivity index (χ2v) is 11.4. The van der Waals surface area contributed by atoms with Gasteiger partial charge in [0.05, 0.1) is 36.1 Å². The summed E-state index contributed by atoms with van der Waals surface area (Å²) in [5.74, 6) is 0.0175. The van der Waals surface area contributed by atoms with Crippen LogP contribution in [0.25, 0.3) is 0 Å². The van der Waals surface area contributed by atoms with Crippen LogP contribution in [0.5, 0.6) is 5.75 Å². The monoisotopic (exact) mass is 578 g/mol. The number of carbonyl (C=O) groups excluding carboxylic acids is 2. The number of halogens is 1. The molecule has 1 aromatic heterocycles. The summed E-state index contributed by atoms with van der Waals surface area (Å²) in [4.78, 5) is 27.5. The van der Waals surface area contributed by atoms with Crippen LogP contribution in [0.2, 0.25) is 5.02 Å². The number of ether oxygens (including phenoxy) is 1. The van der Waals surface area contributed by atoms with Gasteiger partial charge in [0, 0.05) is 22.7 Å². The quantitative estimate of drug-likeness (QED) is 0.361. The number of rotatable bonds is 7. The van der Waals surface area contributed by atoms with Crippen LogP contribution in [0.3, 0.4) is 0 Å². The molecule has 0 fully saturated rings. The van der Waals surface area contributed by atoms with Crippen LogP contribution in [-0.2, 0) is 9.59 Å². The highest BCUT2D eigenvalue weighted by atomic mass is 35.5. The lowest BCUT2D eigenvalue weighted by Gasteiger charge is -2.38. The number of anilines is 2. The molecule has 2 aromatic carbocycles. The number of benzene rings is 2. The molecule has 1 unspecified atom stereocenters. The maximum Gasteiger partial charge on any atom is 0.234 e. The Labute approximate surface area is 238 Å². The van der Waals surface area contributed by atoms with Crippen molar-refractivity contribution in [1.82, 2.24) is 10.2 Å². The summed E-state index contributed by atoms with van der Waals surface area (Å²) < 4.78 is 5.83. The molecule has 198 valence electrons. The maximum atomic E-state index is 13.2. The van der Waals surface area contributed by atoms with Crippen molar-refractivity contribution in [3.63, 3.8) is 0 Å². The molecule has 1 atom stereocenters. The molecule has 9 nitrogen and oxygen atoms in total. The summed E-state index contributed by atoms with van der Waals surface area (Å²) in [7, 11) is 1.54. The van der Waals surface area contributed by atoms with Crippen molar-refractivity contribution < 1.29 is 14.3 Å². The number of thioether (sulfide) groups is 1. The van der Waals surface area contributed by atoms with E-state index in [1.165, 1.54) is 23.1 Å². The van der Waals surface area contributed by atoms with Crippen LogP contribution in [0.15, 0.2) is 75.5 Å². The van der Waals surface area contributed by atoms with Crippen molar-refractivity contribution in [2.45, 2.75) is 29.5 Å². The van der Waals surface area contributed by atoms with Crippen molar-refractivity contribution in [2.24, 2.45) is 5.73 Å². The van der Waals surface area contributed by atoms with Gasteiger partial charge in [-0.3, -0.25) is 14.5 Å². The number of methoxy groups -OCH3 is 1. The molecular weight excluding hydrogens is 556 g/mol. The van der Waals surface area contributed by atoms with E-state index in [0.29, 0.717) is 56.5 Å². The number of amides is 1. The molecule has 0 bridgehead atoms. The van der Waals surface area contributed by atoms with Gasteiger partial charge in [-0.05, 0) is 42.7 Å². The molecule has 0 saturated carbocycles. The third-order valence-corrected chi connectivity index (χ3v) is 8.67. The van der Waals surface area contributed by atoms with Crippen molar-refractivity contribution in [3.8, 4) is 11.8 Å². The maximum absolute atomic E-state index is 13.2. The van der Waals surface area contributed by atoms with E-state index >= 15 is 0 Å². The Kier molecular flexibility index (Phi) is 7.88. The Balaban J connectivity index is 1.41. The van der Waals surface area contributed by atoms with Crippen LogP contribution in [0.4, 0.5) is 10.8 Å². The first-order valence-electron chi connectivity index (χ1n) is 12.0. The number of ketones is 1. The number of carbonyl (C=O) groups is 2. The number of aromatic nitrogens is 2. The predicted molar refractivity (Wildman–Crippen MR) is 152 cm³/mol. The average molecular weight is 579 g/mol. The first kappa shape index (κ1) is 26.7. The van der Waals surface area contributed by atoms with E-state index in [2.05, 4.69) is 21.6 Å².